The molecule has 0 amide bonds. The molecular formula is C15H13BrF2N2O. The van der Waals surface area contributed by atoms with Crippen molar-refractivity contribution in [2.75, 3.05) is 0 Å². The van der Waals surface area contributed by atoms with Crippen LogP contribution in [0.25, 0.3) is 0 Å². The number of pyridine rings is 1. The molecule has 1 N–H and O–H groups in total. The standard InChI is InChI=1S/C15H13BrF2N2O/c16-10-5-12(17)15(18)14(6-10)21-13-3-4-19-7-9(13)8-20-11-1-2-11/h3-7,11,20H,1-2,8H2. The number of halogens is 3. The van der Waals surface area contributed by atoms with Crippen LogP contribution in [0.1, 0.15) is 18.4 Å². The van der Waals surface area contributed by atoms with Gasteiger partial charge in [-0.25, -0.2) is 4.39 Å². The van der Waals surface area contributed by atoms with E-state index in [0.717, 1.165) is 11.6 Å². The van der Waals surface area contributed by atoms with E-state index in [9.17, 15) is 8.78 Å². The van der Waals surface area contributed by atoms with Crippen molar-refractivity contribution >= 4 is 15.9 Å². The van der Waals surface area contributed by atoms with Gasteiger partial charge >= 0.3 is 0 Å². The number of rotatable bonds is 5. The van der Waals surface area contributed by atoms with E-state index in [2.05, 4.69) is 26.2 Å². The molecule has 1 aromatic carbocycles. The lowest BCUT2D eigenvalue weighted by molar-refractivity contribution is 0.410. The summed E-state index contributed by atoms with van der Waals surface area (Å²) in [7, 11) is 0. The van der Waals surface area contributed by atoms with Gasteiger partial charge in [0.15, 0.2) is 11.6 Å². The van der Waals surface area contributed by atoms with Gasteiger partial charge in [-0.1, -0.05) is 15.9 Å². The Morgan fingerprint density at radius 1 is 1.29 bits per heavy atom. The molecule has 6 heteroatoms. The molecule has 1 aromatic heterocycles. The van der Waals surface area contributed by atoms with Crippen molar-refractivity contribution in [2.45, 2.75) is 25.4 Å². The van der Waals surface area contributed by atoms with E-state index in [1.54, 1.807) is 18.5 Å². The van der Waals surface area contributed by atoms with E-state index < -0.39 is 11.6 Å². The Labute approximate surface area is 129 Å². The summed E-state index contributed by atoms with van der Waals surface area (Å²) in [5, 5.41) is 3.34. The second-order valence-electron chi connectivity index (χ2n) is 4.94. The molecule has 0 radical (unpaired) electrons. The van der Waals surface area contributed by atoms with E-state index in [0.29, 0.717) is 22.8 Å². The number of nitrogens with one attached hydrogen (secondary N) is 1. The van der Waals surface area contributed by atoms with Crippen LogP contribution >= 0.6 is 15.9 Å². The maximum Gasteiger partial charge on any atom is 0.201 e. The van der Waals surface area contributed by atoms with Crippen LogP contribution in [0.2, 0.25) is 0 Å². The lowest BCUT2D eigenvalue weighted by Crippen LogP contribution is -2.16. The van der Waals surface area contributed by atoms with E-state index in [4.69, 9.17) is 4.74 Å². The minimum Gasteiger partial charge on any atom is -0.454 e. The number of ether oxygens (including phenoxy) is 1. The van der Waals surface area contributed by atoms with Crippen LogP contribution in [-0.4, -0.2) is 11.0 Å². The molecule has 2 aromatic rings. The molecule has 3 nitrogen and oxygen atoms in total. The highest BCUT2D eigenvalue weighted by atomic mass is 79.9. The molecular weight excluding hydrogens is 342 g/mol. The minimum absolute atomic E-state index is 0.152. The predicted octanol–water partition coefficient (Wildman–Crippen LogP) is 4.17. The molecule has 0 saturated heterocycles. The molecule has 1 fully saturated rings. The van der Waals surface area contributed by atoms with Crippen LogP contribution in [0.5, 0.6) is 11.5 Å². The van der Waals surface area contributed by atoms with Gasteiger partial charge in [-0.15, -0.1) is 0 Å². The normalized spacial score (nSPS) is 14.2. The first kappa shape index (κ1) is 14.4. The molecule has 0 aliphatic heterocycles. The molecule has 0 unspecified atom stereocenters. The highest BCUT2D eigenvalue weighted by molar-refractivity contribution is 9.10. The van der Waals surface area contributed by atoms with Gasteiger partial charge in [-0.2, -0.15) is 4.39 Å². The SMILES string of the molecule is Fc1cc(Br)cc(Oc2ccncc2CNC2CC2)c1F. The summed E-state index contributed by atoms with van der Waals surface area (Å²) in [5.74, 6) is -1.64. The Morgan fingerprint density at radius 2 is 2.10 bits per heavy atom. The van der Waals surface area contributed by atoms with Crippen molar-refractivity contribution < 1.29 is 13.5 Å². The van der Waals surface area contributed by atoms with Crippen molar-refractivity contribution in [2.24, 2.45) is 0 Å². The van der Waals surface area contributed by atoms with Gasteiger partial charge in [0.2, 0.25) is 5.82 Å². The van der Waals surface area contributed by atoms with E-state index in [1.165, 1.54) is 18.9 Å². The van der Waals surface area contributed by atoms with Gasteiger partial charge in [-0.3, -0.25) is 4.98 Å². The van der Waals surface area contributed by atoms with Crippen LogP contribution in [0.3, 0.4) is 0 Å². The van der Waals surface area contributed by atoms with Crippen molar-refractivity contribution in [3.05, 3.63) is 52.3 Å². The summed E-state index contributed by atoms with van der Waals surface area (Å²) < 4.78 is 33.1. The second-order valence-corrected chi connectivity index (χ2v) is 5.86. The Bertz CT molecular complexity index is 662. The molecule has 1 aliphatic rings. The molecule has 1 heterocycles. The maximum atomic E-state index is 13.8. The van der Waals surface area contributed by atoms with Gasteiger partial charge in [0, 0.05) is 35.0 Å². The lowest BCUT2D eigenvalue weighted by Gasteiger charge is -2.12. The highest BCUT2D eigenvalue weighted by Gasteiger charge is 2.21. The van der Waals surface area contributed by atoms with Crippen molar-refractivity contribution in [3.63, 3.8) is 0 Å². The molecule has 21 heavy (non-hydrogen) atoms. The largest absolute Gasteiger partial charge is 0.454 e. The lowest BCUT2D eigenvalue weighted by atomic mass is 10.2. The summed E-state index contributed by atoms with van der Waals surface area (Å²) in [4.78, 5) is 4.05. The van der Waals surface area contributed by atoms with Gasteiger partial charge in [0.1, 0.15) is 5.75 Å². The smallest absolute Gasteiger partial charge is 0.201 e. The van der Waals surface area contributed by atoms with Crippen LogP contribution in [0.15, 0.2) is 35.1 Å². The number of nitrogens with zero attached hydrogens (tertiary/aromatic N) is 1. The first-order valence-corrected chi connectivity index (χ1v) is 7.41. The second kappa shape index (κ2) is 6.07. The summed E-state index contributed by atoms with van der Waals surface area (Å²) in [5.41, 5.74) is 0.809. The Morgan fingerprint density at radius 3 is 2.86 bits per heavy atom. The third kappa shape index (κ3) is 3.57. The molecule has 3 rings (SSSR count). The molecule has 1 aliphatic carbocycles. The Hall–Kier alpha value is -1.53. The van der Waals surface area contributed by atoms with E-state index >= 15 is 0 Å². The zero-order valence-corrected chi connectivity index (χ0v) is 12.7. The topological polar surface area (TPSA) is 34.1 Å². The summed E-state index contributed by atoms with van der Waals surface area (Å²) in [6.45, 7) is 0.589. The fraction of sp³-hybridized carbons (Fsp3) is 0.267. The number of aromatic nitrogens is 1. The van der Waals surface area contributed by atoms with Gasteiger partial charge < -0.3 is 10.1 Å². The Balaban J connectivity index is 1.83. The highest BCUT2D eigenvalue weighted by Crippen LogP contribution is 2.31. The first-order chi connectivity index (χ1) is 10.1. The summed E-state index contributed by atoms with van der Waals surface area (Å²) >= 11 is 3.13. The van der Waals surface area contributed by atoms with Crippen LogP contribution < -0.4 is 10.1 Å². The van der Waals surface area contributed by atoms with Gasteiger partial charge in [0.05, 0.1) is 0 Å². The van der Waals surface area contributed by atoms with Gasteiger partial charge in [0.25, 0.3) is 0 Å². The van der Waals surface area contributed by atoms with Crippen molar-refractivity contribution in [3.8, 4) is 11.5 Å². The van der Waals surface area contributed by atoms with Crippen molar-refractivity contribution in [1.82, 2.24) is 10.3 Å². The minimum atomic E-state index is -1.00. The zero-order valence-electron chi connectivity index (χ0n) is 11.1. The quantitative estimate of drug-likeness (QED) is 0.818. The van der Waals surface area contributed by atoms with Crippen LogP contribution in [-0.2, 0) is 6.54 Å². The maximum absolute atomic E-state index is 13.8. The monoisotopic (exact) mass is 354 g/mol. The summed E-state index contributed by atoms with van der Waals surface area (Å²) in [6, 6.07) is 4.64. The van der Waals surface area contributed by atoms with Crippen LogP contribution in [0.4, 0.5) is 8.78 Å². The molecule has 0 bridgehead atoms. The number of hydrogen-bond acceptors (Lipinski definition) is 3. The van der Waals surface area contributed by atoms with Crippen molar-refractivity contribution in [1.29, 1.82) is 0 Å². The fourth-order valence-corrected chi connectivity index (χ4v) is 2.32. The van der Waals surface area contributed by atoms with Gasteiger partial charge in [-0.05, 0) is 31.0 Å². The average molecular weight is 355 g/mol. The Kier molecular flexibility index (Phi) is 4.17. The predicted molar refractivity (Wildman–Crippen MR) is 78.2 cm³/mol. The van der Waals surface area contributed by atoms with Crippen LogP contribution in [0, 0.1) is 11.6 Å². The first-order valence-electron chi connectivity index (χ1n) is 6.62. The van der Waals surface area contributed by atoms with E-state index in [1.807, 2.05) is 0 Å². The average Bonchev–Trinajstić information content (AvgIpc) is 3.27. The third-order valence-corrected chi connectivity index (χ3v) is 3.65. The third-order valence-electron chi connectivity index (χ3n) is 3.20. The number of hydrogen-bond donors (Lipinski definition) is 1. The number of benzene rings is 1. The molecule has 0 spiro atoms. The zero-order chi connectivity index (χ0) is 14.8. The fourth-order valence-electron chi connectivity index (χ4n) is 1.91. The molecule has 1 saturated carbocycles. The van der Waals surface area contributed by atoms with E-state index in [-0.39, 0.29) is 5.75 Å². The molecule has 110 valence electrons. The molecule has 0 atom stereocenters. The summed E-state index contributed by atoms with van der Waals surface area (Å²) in [6.07, 6.45) is 5.56.